The van der Waals surface area contributed by atoms with Gasteiger partial charge in [-0.1, -0.05) is 17.7 Å². The van der Waals surface area contributed by atoms with Crippen LogP contribution in [0.2, 0.25) is 5.02 Å². The van der Waals surface area contributed by atoms with Gasteiger partial charge in [0, 0.05) is 18.8 Å². The van der Waals surface area contributed by atoms with E-state index in [0.29, 0.717) is 4.68 Å². The first kappa shape index (κ1) is 37.3. The quantitative estimate of drug-likeness (QED) is 0.141. The zero-order valence-electron chi connectivity index (χ0n) is 26.1. The van der Waals surface area contributed by atoms with E-state index in [-0.39, 0.29) is 64.9 Å². The Labute approximate surface area is 287 Å². The van der Waals surface area contributed by atoms with Crippen LogP contribution in [-0.4, -0.2) is 72.1 Å². The smallest absolute Gasteiger partial charge is 0.481 e. The van der Waals surface area contributed by atoms with Crippen LogP contribution in [0.5, 0.6) is 0 Å². The van der Waals surface area contributed by atoms with Crippen molar-refractivity contribution in [1.82, 2.24) is 24.5 Å². The van der Waals surface area contributed by atoms with Crippen LogP contribution >= 0.6 is 11.6 Å². The Bertz CT molecular complexity index is 1890. The zero-order chi connectivity index (χ0) is 37.7. The van der Waals surface area contributed by atoms with Gasteiger partial charge in [-0.15, -0.1) is 0 Å². The fourth-order valence-corrected chi connectivity index (χ4v) is 5.85. The molecule has 2 aliphatic carbocycles. The number of benzene rings is 1. The molecule has 0 radical (unpaired) electrons. The normalized spacial score (nSPS) is 18.8. The van der Waals surface area contributed by atoms with Gasteiger partial charge in [-0.2, -0.15) is 50.6 Å². The maximum atomic E-state index is 14.2. The number of halogens is 9. The standard InChI is InChI=1S/C30H25ClF8N6O6/c1-43-23(21(29(34,35)36)22(42-43)28(32,33)30(37,38)39)45-12-17(11-41-45)16-4-7-20(31)19(10-16)24(46)44(27(13-40)8-9-27)14-50-26(49)51-18-5-2-15(3-6-18)25(47)48/h4,7,10-12,15,18H,2-3,5-6,8-9,14H2,1H3,(H,47,48)/t15-,18+. The second-order valence-corrected chi connectivity index (χ2v) is 12.3. The van der Waals surface area contributed by atoms with Crippen molar-refractivity contribution < 1.29 is 64.1 Å². The molecule has 2 heterocycles. The lowest BCUT2D eigenvalue weighted by Gasteiger charge is -2.28. The lowest BCUT2D eigenvalue weighted by molar-refractivity contribution is -0.292. The van der Waals surface area contributed by atoms with E-state index in [4.69, 9.17) is 26.2 Å². The Hall–Kier alpha value is -4.93. The van der Waals surface area contributed by atoms with Gasteiger partial charge in [-0.05, 0) is 56.2 Å². The molecule has 0 unspecified atom stereocenters. The second-order valence-electron chi connectivity index (χ2n) is 11.9. The van der Waals surface area contributed by atoms with E-state index in [9.17, 15) is 54.8 Å². The van der Waals surface area contributed by atoms with E-state index >= 15 is 0 Å². The third-order valence-corrected chi connectivity index (χ3v) is 8.90. The highest BCUT2D eigenvalue weighted by Crippen LogP contribution is 2.49. The molecule has 51 heavy (non-hydrogen) atoms. The Kier molecular flexibility index (Phi) is 9.75. The van der Waals surface area contributed by atoms with Gasteiger partial charge in [0.15, 0.2) is 18.2 Å². The molecule has 2 aliphatic rings. The van der Waals surface area contributed by atoms with Gasteiger partial charge in [0.05, 0.1) is 28.8 Å². The van der Waals surface area contributed by atoms with Gasteiger partial charge in [0.2, 0.25) is 0 Å². The number of carbonyl (C=O) groups is 3. The highest BCUT2D eigenvalue weighted by atomic mass is 35.5. The minimum atomic E-state index is -6.40. The van der Waals surface area contributed by atoms with Crippen LogP contribution in [0.25, 0.3) is 16.9 Å². The third kappa shape index (κ3) is 7.29. The van der Waals surface area contributed by atoms with E-state index in [2.05, 4.69) is 10.2 Å². The van der Waals surface area contributed by atoms with Gasteiger partial charge >= 0.3 is 30.4 Å². The minimum absolute atomic E-state index is 0.0374. The number of rotatable bonds is 9. The van der Waals surface area contributed by atoms with Crippen molar-refractivity contribution in [3.8, 4) is 23.0 Å². The molecule has 2 aromatic heterocycles. The summed E-state index contributed by atoms with van der Waals surface area (Å²) < 4.78 is 120. The van der Waals surface area contributed by atoms with Crippen LogP contribution in [0.4, 0.5) is 39.9 Å². The lowest BCUT2D eigenvalue weighted by atomic mass is 9.87. The Morgan fingerprint density at radius 2 is 1.73 bits per heavy atom. The summed E-state index contributed by atoms with van der Waals surface area (Å²) in [5.41, 5.74) is -6.54. The third-order valence-electron chi connectivity index (χ3n) is 8.57. The number of nitrogens with zero attached hydrogens (tertiary/aromatic N) is 6. The number of aliphatic carboxylic acids is 1. The van der Waals surface area contributed by atoms with Crippen molar-refractivity contribution in [2.45, 2.75) is 68.4 Å². The highest BCUT2D eigenvalue weighted by Gasteiger charge is 2.64. The maximum Gasteiger partial charge on any atom is 0.510 e. The van der Waals surface area contributed by atoms with Gasteiger partial charge in [0.25, 0.3) is 5.91 Å². The number of aryl methyl sites for hydroxylation is 1. The molecule has 1 aromatic carbocycles. The van der Waals surface area contributed by atoms with Crippen LogP contribution in [-0.2, 0) is 33.4 Å². The SMILES string of the molecule is Cn1nc(C(F)(F)C(F)(F)F)c(C(F)(F)F)c1-n1cc(-c2ccc(Cl)c(C(=O)N(COC(=O)O[C@H]3CC[C@@H](C(=O)O)CC3)C3(C#N)CC3)c2)cn1. The number of alkyl halides is 8. The minimum Gasteiger partial charge on any atom is -0.481 e. The summed E-state index contributed by atoms with van der Waals surface area (Å²) in [7, 11) is 0.722. The first-order chi connectivity index (χ1) is 23.7. The number of carboxylic acid groups (broad SMARTS) is 1. The summed E-state index contributed by atoms with van der Waals surface area (Å²) in [6.07, 6.45) is -10.6. The fraction of sp³-hybridized carbons (Fsp3) is 0.467. The van der Waals surface area contributed by atoms with E-state index < -0.39 is 77.7 Å². The summed E-state index contributed by atoms with van der Waals surface area (Å²) in [6, 6.07) is 5.70. The van der Waals surface area contributed by atoms with Crippen LogP contribution in [0.1, 0.15) is 60.1 Å². The fourth-order valence-electron chi connectivity index (χ4n) is 5.65. The lowest BCUT2D eigenvalue weighted by Crippen LogP contribution is -2.44. The number of carbonyl (C=O) groups excluding carboxylic acids is 2. The first-order valence-corrected chi connectivity index (χ1v) is 15.3. The van der Waals surface area contributed by atoms with Crippen LogP contribution in [0.3, 0.4) is 0 Å². The second kappa shape index (κ2) is 13.3. The zero-order valence-corrected chi connectivity index (χ0v) is 26.8. The molecule has 1 N–H and O–H groups in total. The highest BCUT2D eigenvalue weighted by molar-refractivity contribution is 6.34. The van der Waals surface area contributed by atoms with E-state index in [1.165, 1.54) is 18.2 Å². The summed E-state index contributed by atoms with van der Waals surface area (Å²) in [5.74, 6) is -9.64. The number of hydrogen-bond acceptors (Lipinski definition) is 8. The summed E-state index contributed by atoms with van der Waals surface area (Å²) in [6.45, 7) is -0.750. The molecular formula is C30H25ClF8N6O6. The molecule has 2 fully saturated rings. The van der Waals surface area contributed by atoms with Crippen molar-refractivity contribution in [2.75, 3.05) is 6.73 Å². The van der Waals surface area contributed by atoms with E-state index in [0.717, 1.165) is 24.3 Å². The Morgan fingerprint density at radius 1 is 1.08 bits per heavy atom. The summed E-state index contributed by atoms with van der Waals surface area (Å²) >= 11 is 6.31. The molecule has 21 heteroatoms. The average Bonchev–Trinajstić information content (AvgIpc) is 3.51. The summed E-state index contributed by atoms with van der Waals surface area (Å²) in [4.78, 5) is 38.4. The molecular weight excluding hydrogens is 728 g/mol. The largest absolute Gasteiger partial charge is 0.510 e. The maximum absolute atomic E-state index is 14.2. The number of amides is 1. The molecule has 274 valence electrons. The molecule has 12 nitrogen and oxygen atoms in total. The van der Waals surface area contributed by atoms with Gasteiger partial charge < -0.3 is 14.6 Å². The van der Waals surface area contributed by atoms with Gasteiger partial charge in [-0.25, -0.2) is 14.2 Å². The van der Waals surface area contributed by atoms with Crippen molar-refractivity contribution in [3.05, 3.63) is 52.4 Å². The molecule has 0 aliphatic heterocycles. The number of ether oxygens (including phenoxy) is 2. The van der Waals surface area contributed by atoms with Crippen molar-refractivity contribution in [1.29, 1.82) is 5.26 Å². The molecule has 0 atom stereocenters. The van der Waals surface area contributed by atoms with Crippen molar-refractivity contribution in [3.63, 3.8) is 0 Å². The van der Waals surface area contributed by atoms with Crippen LogP contribution in [0, 0.1) is 17.2 Å². The number of nitriles is 1. The molecule has 5 rings (SSSR count). The molecule has 0 spiro atoms. The molecule has 0 bridgehead atoms. The van der Waals surface area contributed by atoms with Gasteiger partial charge in [0.1, 0.15) is 17.2 Å². The number of aromatic nitrogens is 4. The predicted octanol–water partition coefficient (Wildman–Crippen LogP) is 6.85. The van der Waals surface area contributed by atoms with E-state index in [1.807, 2.05) is 6.07 Å². The molecule has 0 saturated heterocycles. The summed E-state index contributed by atoms with van der Waals surface area (Å²) in [5, 5.41) is 25.4. The molecule has 1 amide bonds. The van der Waals surface area contributed by atoms with Crippen molar-refractivity contribution in [2.24, 2.45) is 13.0 Å². The first-order valence-electron chi connectivity index (χ1n) is 14.9. The Balaban J connectivity index is 1.40. The van der Waals surface area contributed by atoms with E-state index in [1.54, 1.807) is 0 Å². The number of hydrogen-bond donors (Lipinski definition) is 1. The monoisotopic (exact) mass is 752 g/mol. The average molecular weight is 753 g/mol. The molecule has 3 aromatic rings. The van der Waals surface area contributed by atoms with Crippen molar-refractivity contribution >= 4 is 29.6 Å². The van der Waals surface area contributed by atoms with Crippen LogP contribution < -0.4 is 0 Å². The van der Waals surface area contributed by atoms with Crippen LogP contribution in [0.15, 0.2) is 30.6 Å². The predicted molar refractivity (Wildman–Crippen MR) is 155 cm³/mol. The number of carboxylic acids is 1. The topological polar surface area (TPSA) is 153 Å². The van der Waals surface area contributed by atoms with Gasteiger partial charge in [-0.3, -0.25) is 14.5 Å². The Morgan fingerprint density at radius 3 is 2.27 bits per heavy atom. The molecule has 2 saturated carbocycles.